The molecule has 1 saturated heterocycles. The first-order valence-corrected chi connectivity index (χ1v) is 8.65. The molecular formula is C18H25N5O2. The summed E-state index contributed by atoms with van der Waals surface area (Å²) in [6.45, 7) is 6.86. The molecule has 1 aliphatic carbocycles. The number of carbonyl (C=O) groups excluding carboxylic acids is 1. The van der Waals surface area contributed by atoms with Crippen molar-refractivity contribution < 1.29 is 9.53 Å². The van der Waals surface area contributed by atoms with E-state index in [1.165, 1.54) is 5.57 Å². The fourth-order valence-electron chi connectivity index (χ4n) is 3.38. The number of H-pyrrole nitrogens is 1. The number of hydrogen-bond acceptors (Lipinski definition) is 5. The molecule has 1 N–H and O–H groups in total. The number of nitrogens with zero attached hydrogens (tertiary/aromatic N) is 4. The second-order valence-corrected chi connectivity index (χ2v) is 7.49. The number of allylic oxidation sites excluding steroid dienone is 6. The summed E-state index contributed by atoms with van der Waals surface area (Å²) < 4.78 is 5.50. The predicted octanol–water partition coefficient (Wildman–Crippen LogP) is 2.91. The number of nitrogens with one attached hydrogen (secondary N) is 1. The summed E-state index contributed by atoms with van der Waals surface area (Å²) in [6, 6.07) is 0. The molecule has 2 heterocycles. The number of aromatic amines is 1. The lowest BCUT2D eigenvalue weighted by molar-refractivity contribution is 0.0174. The number of aromatic nitrogens is 4. The van der Waals surface area contributed by atoms with Gasteiger partial charge in [-0.2, -0.15) is 5.21 Å². The minimum atomic E-state index is -0.487. The zero-order valence-corrected chi connectivity index (χ0v) is 15.0. The monoisotopic (exact) mass is 343 g/mol. The molecule has 0 atom stereocenters. The van der Waals surface area contributed by atoms with Gasteiger partial charge in [0.25, 0.3) is 0 Å². The number of ether oxygens (including phenoxy) is 1. The van der Waals surface area contributed by atoms with Crippen LogP contribution in [-0.4, -0.2) is 50.3 Å². The molecule has 1 fully saturated rings. The van der Waals surface area contributed by atoms with Gasteiger partial charge in [-0.3, -0.25) is 0 Å². The minimum absolute atomic E-state index is 0.260. The Hall–Kier alpha value is -2.44. The van der Waals surface area contributed by atoms with Gasteiger partial charge in [0, 0.05) is 13.1 Å². The van der Waals surface area contributed by atoms with E-state index >= 15 is 0 Å². The summed E-state index contributed by atoms with van der Waals surface area (Å²) in [5.41, 5.74) is 0.464. The summed E-state index contributed by atoms with van der Waals surface area (Å²) in [5, 5.41) is 14.9. The maximum atomic E-state index is 12.4. The number of tetrazole rings is 1. The van der Waals surface area contributed by atoms with Gasteiger partial charge in [0.05, 0.1) is 5.41 Å². The first kappa shape index (κ1) is 17.4. The number of amides is 1. The first-order valence-electron chi connectivity index (χ1n) is 8.65. The molecule has 1 amide bonds. The quantitative estimate of drug-likeness (QED) is 0.892. The van der Waals surface area contributed by atoms with E-state index in [4.69, 9.17) is 4.74 Å². The summed E-state index contributed by atoms with van der Waals surface area (Å²) in [7, 11) is 0. The van der Waals surface area contributed by atoms with Gasteiger partial charge in [-0.25, -0.2) is 4.79 Å². The Morgan fingerprint density at radius 3 is 2.64 bits per heavy atom. The van der Waals surface area contributed by atoms with Crippen LogP contribution in [0.15, 0.2) is 36.0 Å². The summed E-state index contributed by atoms with van der Waals surface area (Å²) in [5.74, 6) is 0.700. The average Bonchev–Trinajstić information content (AvgIpc) is 2.96. The molecule has 0 spiro atoms. The molecule has 0 radical (unpaired) electrons. The van der Waals surface area contributed by atoms with E-state index in [0.717, 1.165) is 19.3 Å². The standard InChI is InChI=1S/C18H25N5O2/c1-17(2,3)25-16(24)23-12-10-18(11-13-23,15-19-21-22-20-15)14-8-6-4-5-7-9-14/h4-8H,9-13H2,1-3H3,(H,19,20,21,22). The highest BCUT2D eigenvalue weighted by atomic mass is 16.6. The lowest BCUT2D eigenvalue weighted by atomic mass is 9.70. The maximum absolute atomic E-state index is 12.4. The lowest BCUT2D eigenvalue weighted by Gasteiger charge is -2.41. The van der Waals surface area contributed by atoms with Crippen molar-refractivity contribution in [1.82, 2.24) is 25.5 Å². The Kier molecular flexibility index (Phi) is 4.74. The third kappa shape index (κ3) is 3.81. The zero-order chi connectivity index (χ0) is 17.9. The largest absolute Gasteiger partial charge is 0.444 e. The van der Waals surface area contributed by atoms with Crippen molar-refractivity contribution >= 4 is 6.09 Å². The second kappa shape index (κ2) is 6.82. The Morgan fingerprint density at radius 1 is 1.24 bits per heavy atom. The van der Waals surface area contributed by atoms with Gasteiger partial charge in [0.1, 0.15) is 5.60 Å². The van der Waals surface area contributed by atoms with Crippen molar-refractivity contribution in [2.45, 2.75) is 51.0 Å². The van der Waals surface area contributed by atoms with Gasteiger partial charge in [-0.15, -0.1) is 10.2 Å². The van der Waals surface area contributed by atoms with E-state index in [1.807, 2.05) is 39.0 Å². The van der Waals surface area contributed by atoms with Gasteiger partial charge >= 0.3 is 6.09 Å². The van der Waals surface area contributed by atoms with Gasteiger partial charge in [-0.1, -0.05) is 41.2 Å². The normalized spacial score (nSPS) is 20.1. The molecule has 1 aromatic heterocycles. The second-order valence-electron chi connectivity index (χ2n) is 7.49. The van der Waals surface area contributed by atoms with E-state index in [0.29, 0.717) is 18.9 Å². The first-order chi connectivity index (χ1) is 11.9. The molecule has 0 unspecified atom stereocenters. The Morgan fingerprint density at radius 2 is 2.00 bits per heavy atom. The number of rotatable bonds is 2. The minimum Gasteiger partial charge on any atom is -0.444 e. The van der Waals surface area contributed by atoms with Crippen LogP contribution in [0.2, 0.25) is 0 Å². The van der Waals surface area contributed by atoms with Gasteiger partial charge in [-0.05, 0) is 40.0 Å². The van der Waals surface area contributed by atoms with Crippen molar-refractivity contribution in [3.63, 3.8) is 0 Å². The molecule has 2 aliphatic rings. The zero-order valence-electron chi connectivity index (χ0n) is 15.0. The van der Waals surface area contributed by atoms with Crippen LogP contribution >= 0.6 is 0 Å². The van der Waals surface area contributed by atoms with Crippen molar-refractivity contribution in [3.8, 4) is 0 Å². The number of likely N-dealkylation sites (tertiary alicyclic amines) is 1. The van der Waals surface area contributed by atoms with Crippen LogP contribution < -0.4 is 0 Å². The molecule has 25 heavy (non-hydrogen) atoms. The lowest BCUT2D eigenvalue weighted by Crippen LogP contribution is -2.48. The smallest absolute Gasteiger partial charge is 0.410 e. The van der Waals surface area contributed by atoms with Crippen LogP contribution in [0.25, 0.3) is 0 Å². The fraction of sp³-hybridized carbons (Fsp3) is 0.556. The van der Waals surface area contributed by atoms with Crippen molar-refractivity contribution in [2.24, 2.45) is 0 Å². The van der Waals surface area contributed by atoms with E-state index in [9.17, 15) is 4.79 Å². The third-order valence-electron chi connectivity index (χ3n) is 4.65. The van der Waals surface area contributed by atoms with Gasteiger partial charge in [0.15, 0.2) is 5.82 Å². The topological polar surface area (TPSA) is 84.0 Å². The molecule has 1 aliphatic heterocycles. The van der Waals surface area contributed by atoms with Crippen LogP contribution in [0.4, 0.5) is 4.79 Å². The van der Waals surface area contributed by atoms with E-state index in [1.54, 1.807) is 4.90 Å². The van der Waals surface area contributed by atoms with Gasteiger partial charge in [0.2, 0.25) is 0 Å². The molecular weight excluding hydrogens is 318 g/mol. The summed E-state index contributed by atoms with van der Waals surface area (Å²) >= 11 is 0. The van der Waals surface area contributed by atoms with Crippen LogP contribution in [0, 0.1) is 0 Å². The van der Waals surface area contributed by atoms with Crippen LogP contribution in [0.5, 0.6) is 0 Å². The van der Waals surface area contributed by atoms with E-state index < -0.39 is 5.60 Å². The van der Waals surface area contributed by atoms with Crippen molar-refractivity contribution in [3.05, 3.63) is 41.8 Å². The molecule has 134 valence electrons. The molecule has 7 heteroatoms. The predicted molar refractivity (Wildman–Crippen MR) is 93.9 cm³/mol. The van der Waals surface area contributed by atoms with Crippen LogP contribution in [0.3, 0.4) is 0 Å². The number of hydrogen-bond donors (Lipinski definition) is 1. The Labute approximate surface area is 147 Å². The highest BCUT2D eigenvalue weighted by Gasteiger charge is 2.43. The van der Waals surface area contributed by atoms with E-state index in [2.05, 4.69) is 32.8 Å². The van der Waals surface area contributed by atoms with Gasteiger partial charge < -0.3 is 9.64 Å². The maximum Gasteiger partial charge on any atom is 0.410 e. The molecule has 7 nitrogen and oxygen atoms in total. The number of piperidine rings is 1. The summed E-state index contributed by atoms with van der Waals surface area (Å²) in [4.78, 5) is 14.1. The van der Waals surface area contributed by atoms with Crippen LogP contribution in [-0.2, 0) is 10.2 Å². The van der Waals surface area contributed by atoms with E-state index in [-0.39, 0.29) is 11.5 Å². The third-order valence-corrected chi connectivity index (χ3v) is 4.65. The Bertz CT molecular complexity index is 690. The average molecular weight is 343 g/mol. The van der Waals surface area contributed by atoms with Crippen molar-refractivity contribution in [2.75, 3.05) is 13.1 Å². The molecule has 3 rings (SSSR count). The Balaban J connectivity index is 1.81. The molecule has 1 aromatic rings. The summed E-state index contributed by atoms with van der Waals surface area (Å²) in [6.07, 6.45) is 12.5. The molecule has 0 bridgehead atoms. The molecule has 0 saturated carbocycles. The SMILES string of the molecule is CC(C)(C)OC(=O)N1CCC(C2=CC=CC=CC2)(c2nn[nH]n2)CC1. The fourth-order valence-corrected chi connectivity index (χ4v) is 3.38. The van der Waals surface area contributed by atoms with Crippen LogP contribution in [0.1, 0.15) is 45.9 Å². The molecule has 0 aromatic carbocycles. The number of carbonyl (C=O) groups is 1. The highest BCUT2D eigenvalue weighted by Crippen LogP contribution is 2.42. The highest BCUT2D eigenvalue weighted by molar-refractivity contribution is 5.68. The van der Waals surface area contributed by atoms with Crippen molar-refractivity contribution in [1.29, 1.82) is 0 Å².